The molecule has 0 aliphatic heterocycles. The van der Waals surface area contributed by atoms with Crippen LogP contribution in [0.2, 0.25) is 0 Å². The Kier molecular flexibility index (Phi) is 7.69. The summed E-state index contributed by atoms with van der Waals surface area (Å²) in [4.78, 5) is 26.0. The predicted molar refractivity (Wildman–Crippen MR) is 144 cm³/mol. The van der Waals surface area contributed by atoms with Gasteiger partial charge in [0.2, 0.25) is 0 Å². The van der Waals surface area contributed by atoms with Crippen LogP contribution in [0, 0.1) is 0 Å². The molecular formula is C28H24Br2O4. The Morgan fingerprint density at radius 2 is 1.06 bits per heavy atom. The molecule has 0 bridgehead atoms. The molecule has 0 saturated carbocycles. The molecule has 0 aliphatic carbocycles. The number of halogens is 2. The molecule has 0 heterocycles. The number of alkyl halides is 2. The normalized spacial score (nSPS) is 11.1. The quantitative estimate of drug-likeness (QED) is 0.164. The molecule has 0 fully saturated rings. The van der Waals surface area contributed by atoms with E-state index in [1.165, 1.54) is 0 Å². The number of hydrogen-bond donors (Lipinski definition) is 0. The fourth-order valence-corrected chi connectivity index (χ4v) is 5.58. The first-order valence-corrected chi connectivity index (χ1v) is 13.4. The van der Waals surface area contributed by atoms with E-state index in [9.17, 15) is 9.59 Å². The van der Waals surface area contributed by atoms with Crippen LogP contribution in [-0.2, 0) is 20.1 Å². The molecule has 4 nitrogen and oxygen atoms in total. The molecule has 0 atom stereocenters. The van der Waals surface area contributed by atoms with Gasteiger partial charge in [0, 0.05) is 10.7 Å². The number of benzene rings is 4. The van der Waals surface area contributed by atoms with E-state index in [1.54, 1.807) is 13.8 Å². The van der Waals surface area contributed by atoms with Crippen molar-refractivity contribution < 1.29 is 19.1 Å². The van der Waals surface area contributed by atoms with Gasteiger partial charge in [0.05, 0.1) is 24.3 Å². The summed E-state index contributed by atoms with van der Waals surface area (Å²) in [5, 5.41) is 4.74. The first kappa shape index (κ1) is 24.4. The largest absolute Gasteiger partial charge is 0.462 e. The summed E-state index contributed by atoms with van der Waals surface area (Å²) in [6.45, 7) is 4.17. The maximum Gasteiger partial charge on any atom is 0.338 e. The molecular weight excluding hydrogens is 560 g/mol. The smallest absolute Gasteiger partial charge is 0.338 e. The highest BCUT2D eigenvalue weighted by Gasteiger charge is 2.25. The van der Waals surface area contributed by atoms with Crippen LogP contribution in [0.25, 0.3) is 32.7 Å². The Morgan fingerprint density at radius 1 is 0.676 bits per heavy atom. The number of hydrogen-bond acceptors (Lipinski definition) is 4. The first-order chi connectivity index (χ1) is 16.5. The van der Waals surface area contributed by atoms with E-state index in [1.807, 2.05) is 48.5 Å². The van der Waals surface area contributed by atoms with E-state index in [0.717, 1.165) is 43.8 Å². The molecule has 0 radical (unpaired) electrons. The van der Waals surface area contributed by atoms with Gasteiger partial charge < -0.3 is 9.47 Å². The average Bonchev–Trinajstić information content (AvgIpc) is 2.86. The Bertz CT molecular complexity index is 1290. The molecule has 0 N–H and O–H groups in total. The fraction of sp³-hybridized carbons (Fsp3) is 0.214. The van der Waals surface area contributed by atoms with Crippen molar-refractivity contribution in [3.05, 3.63) is 82.9 Å². The van der Waals surface area contributed by atoms with E-state index in [2.05, 4.69) is 44.0 Å². The van der Waals surface area contributed by atoms with Crippen LogP contribution in [0.15, 0.2) is 60.7 Å². The number of rotatable bonds is 7. The third-order valence-electron chi connectivity index (χ3n) is 5.82. The Morgan fingerprint density at radius 3 is 1.41 bits per heavy atom. The minimum atomic E-state index is -0.366. The maximum absolute atomic E-state index is 13.0. The molecule has 34 heavy (non-hydrogen) atoms. The van der Waals surface area contributed by atoms with Crippen molar-refractivity contribution in [2.45, 2.75) is 24.5 Å². The maximum atomic E-state index is 13.0. The molecule has 0 saturated heterocycles. The summed E-state index contributed by atoms with van der Waals surface area (Å²) in [5.74, 6) is -0.731. The Balaban J connectivity index is 2.22. The van der Waals surface area contributed by atoms with Crippen LogP contribution in [0.3, 0.4) is 0 Å². The van der Waals surface area contributed by atoms with Crippen molar-refractivity contribution in [1.82, 2.24) is 0 Å². The molecule has 0 aromatic heterocycles. The average molecular weight is 584 g/mol. The highest BCUT2D eigenvalue weighted by molar-refractivity contribution is 9.08. The van der Waals surface area contributed by atoms with Crippen LogP contribution in [0.1, 0.15) is 45.7 Å². The lowest BCUT2D eigenvalue weighted by Crippen LogP contribution is -2.11. The predicted octanol–water partition coefficient (Wildman–Crippen LogP) is 7.80. The third-order valence-corrected chi connectivity index (χ3v) is 6.94. The highest BCUT2D eigenvalue weighted by atomic mass is 79.9. The van der Waals surface area contributed by atoms with E-state index in [4.69, 9.17) is 9.47 Å². The van der Waals surface area contributed by atoms with Gasteiger partial charge in [-0.25, -0.2) is 9.59 Å². The monoisotopic (exact) mass is 582 g/mol. The van der Waals surface area contributed by atoms with Gasteiger partial charge in [-0.05, 0) is 69.8 Å². The van der Waals surface area contributed by atoms with Gasteiger partial charge in [0.1, 0.15) is 0 Å². The van der Waals surface area contributed by atoms with Gasteiger partial charge in [0.15, 0.2) is 0 Å². The molecule has 0 amide bonds. The van der Waals surface area contributed by atoms with Gasteiger partial charge in [-0.15, -0.1) is 0 Å². The molecule has 4 rings (SSSR count). The molecule has 0 aliphatic rings. The minimum absolute atomic E-state index is 0.288. The third kappa shape index (κ3) is 4.37. The van der Waals surface area contributed by atoms with Crippen molar-refractivity contribution in [3.8, 4) is 11.1 Å². The molecule has 4 aromatic carbocycles. The zero-order chi connectivity index (χ0) is 24.2. The fourth-order valence-electron chi connectivity index (χ4n) is 4.41. The lowest BCUT2D eigenvalue weighted by atomic mass is 9.84. The van der Waals surface area contributed by atoms with Gasteiger partial charge >= 0.3 is 11.9 Å². The van der Waals surface area contributed by atoms with Crippen molar-refractivity contribution in [2.24, 2.45) is 0 Å². The van der Waals surface area contributed by atoms with Crippen LogP contribution in [-0.4, -0.2) is 25.2 Å². The topological polar surface area (TPSA) is 52.6 Å². The number of carbonyl (C=O) groups is 2. The van der Waals surface area contributed by atoms with Crippen molar-refractivity contribution in [3.63, 3.8) is 0 Å². The van der Waals surface area contributed by atoms with Crippen LogP contribution in [0.5, 0.6) is 0 Å². The van der Waals surface area contributed by atoms with Crippen molar-refractivity contribution in [1.29, 1.82) is 0 Å². The summed E-state index contributed by atoms with van der Waals surface area (Å²) in [6.07, 6.45) is 0. The highest BCUT2D eigenvalue weighted by Crippen LogP contribution is 2.43. The van der Waals surface area contributed by atoms with Crippen molar-refractivity contribution in [2.75, 3.05) is 13.2 Å². The summed E-state index contributed by atoms with van der Waals surface area (Å²) in [7, 11) is 0. The molecule has 0 spiro atoms. The van der Waals surface area contributed by atoms with E-state index < -0.39 is 0 Å². The van der Waals surface area contributed by atoms with E-state index in [0.29, 0.717) is 21.8 Å². The number of esters is 2. The van der Waals surface area contributed by atoms with Crippen molar-refractivity contribution >= 4 is 65.3 Å². The number of ether oxygens (including phenoxy) is 2. The second-order valence-electron chi connectivity index (χ2n) is 7.71. The lowest BCUT2D eigenvalue weighted by Gasteiger charge is -2.22. The second-order valence-corrected chi connectivity index (χ2v) is 8.83. The zero-order valence-electron chi connectivity index (χ0n) is 19.0. The number of fused-ring (bicyclic) bond motifs is 2. The summed E-state index contributed by atoms with van der Waals surface area (Å²) in [5.41, 5.74) is 4.50. The van der Waals surface area contributed by atoms with Crippen LogP contribution >= 0.6 is 31.9 Å². The summed E-state index contributed by atoms with van der Waals surface area (Å²) < 4.78 is 10.8. The van der Waals surface area contributed by atoms with Crippen LogP contribution < -0.4 is 0 Å². The standard InChI is InChI=1S/C28H24Br2O4/c1-3-33-27(31)21-13-17-9-5-7-11-19(17)25(23(21)15-29)26-20-12-8-6-10-18(20)14-22(24(26)16-30)28(32)34-4-2/h5-14H,3-4,15-16H2,1-2H3. The lowest BCUT2D eigenvalue weighted by molar-refractivity contribution is 0.0516. The molecule has 174 valence electrons. The van der Waals surface area contributed by atoms with Crippen LogP contribution in [0.4, 0.5) is 0 Å². The van der Waals surface area contributed by atoms with E-state index in [-0.39, 0.29) is 25.2 Å². The molecule has 0 unspecified atom stereocenters. The summed E-state index contributed by atoms with van der Waals surface area (Å²) in [6, 6.07) is 19.7. The van der Waals surface area contributed by atoms with Gasteiger partial charge in [0.25, 0.3) is 0 Å². The Labute approximate surface area is 215 Å². The summed E-state index contributed by atoms with van der Waals surface area (Å²) >= 11 is 7.27. The number of carbonyl (C=O) groups excluding carboxylic acids is 2. The minimum Gasteiger partial charge on any atom is -0.462 e. The van der Waals surface area contributed by atoms with Gasteiger partial charge in [-0.1, -0.05) is 80.4 Å². The molecule has 4 aromatic rings. The SMILES string of the molecule is CCOC(=O)c1cc2ccccc2c(-c2c(CBr)c(C(=O)OCC)cc3ccccc23)c1CBr. The van der Waals surface area contributed by atoms with Gasteiger partial charge in [-0.2, -0.15) is 0 Å². The van der Waals surface area contributed by atoms with E-state index >= 15 is 0 Å². The zero-order valence-corrected chi connectivity index (χ0v) is 22.2. The van der Waals surface area contributed by atoms with Gasteiger partial charge in [-0.3, -0.25) is 0 Å². The first-order valence-electron chi connectivity index (χ1n) is 11.1. The Hall–Kier alpha value is -2.70. The molecule has 6 heteroatoms. The second kappa shape index (κ2) is 10.7.